The number of thiazole rings is 1. The van der Waals surface area contributed by atoms with Gasteiger partial charge in [-0.1, -0.05) is 24.3 Å². The Morgan fingerprint density at radius 1 is 1.00 bits per heavy atom. The van der Waals surface area contributed by atoms with Gasteiger partial charge in [-0.05, 0) is 43.2 Å². The van der Waals surface area contributed by atoms with E-state index in [0.717, 1.165) is 22.5 Å². The van der Waals surface area contributed by atoms with Gasteiger partial charge in [0.05, 0.1) is 10.6 Å². The van der Waals surface area contributed by atoms with Crippen molar-refractivity contribution in [3.05, 3.63) is 64.8 Å². The smallest absolute Gasteiger partial charge is 0.243 e. The summed E-state index contributed by atoms with van der Waals surface area (Å²) in [6, 6.07) is 11.4. The lowest BCUT2D eigenvalue weighted by Gasteiger charge is -2.33. The topological polar surface area (TPSA) is 53.5 Å². The summed E-state index contributed by atoms with van der Waals surface area (Å²) < 4.78 is 40.4. The highest BCUT2D eigenvalue weighted by Crippen LogP contribution is 2.32. The second-order valence-corrected chi connectivity index (χ2v) is 9.91. The number of benzene rings is 2. The van der Waals surface area contributed by atoms with Gasteiger partial charge >= 0.3 is 0 Å². The molecular formula is C21H22FN3O2S2. The van der Waals surface area contributed by atoms with Crippen LogP contribution in [0.4, 0.5) is 9.52 Å². The van der Waals surface area contributed by atoms with Gasteiger partial charge in [0.2, 0.25) is 10.0 Å². The number of aryl methyl sites for hydroxylation is 2. The quantitative estimate of drug-likeness (QED) is 0.625. The van der Waals surface area contributed by atoms with Crippen LogP contribution in [0, 0.1) is 19.7 Å². The van der Waals surface area contributed by atoms with Gasteiger partial charge < -0.3 is 4.90 Å². The molecule has 2 aromatic carbocycles. The molecule has 0 amide bonds. The predicted molar refractivity (Wildman–Crippen MR) is 114 cm³/mol. The molecule has 0 spiro atoms. The lowest BCUT2D eigenvalue weighted by molar-refractivity contribution is 0.384. The van der Waals surface area contributed by atoms with E-state index < -0.39 is 15.8 Å². The minimum absolute atomic E-state index is 0.00230. The predicted octanol–water partition coefficient (Wildman–Crippen LogP) is 4.08. The van der Waals surface area contributed by atoms with Crippen LogP contribution in [-0.4, -0.2) is 43.9 Å². The number of halogens is 1. The van der Waals surface area contributed by atoms with E-state index in [-0.39, 0.29) is 4.90 Å². The second kappa shape index (κ2) is 7.85. The van der Waals surface area contributed by atoms with Crippen LogP contribution >= 0.6 is 11.3 Å². The van der Waals surface area contributed by atoms with Crippen molar-refractivity contribution in [2.75, 3.05) is 31.1 Å². The van der Waals surface area contributed by atoms with E-state index in [1.807, 2.05) is 6.07 Å². The number of aromatic nitrogens is 1. The molecule has 152 valence electrons. The summed E-state index contributed by atoms with van der Waals surface area (Å²) in [6.45, 7) is 5.95. The largest absolute Gasteiger partial charge is 0.345 e. The highest BCUT2D eigenvalue weighted by Gasteiger charge is 2.29. The molecule has 0 radical (unpaired) electrons. The lowest BCUT2D eigenvalue weighted by Crippen LogP contribution is -2.48. The van der Waals surface area contributed by atoms with Gasteiger partial charge in [0.15, 0.2) is 5.13 Å². The fourth-order valence-corrected chi connectivity index (χ4v) is 5.96. The van der Waals surface area contributed by atoms with Crippen LogP contribution in [0.2, 0.25) is 0 Å². The van der Waals surface area contributed by atoms with Crippen molar-refractivity contribution in [1.82, 2.24) is 9.29 Å². The fraction of sp³-hybridized carbons (Fsp3) is 0.286. The summed E-state index contributed by atoms with van der Waals surface area (Å²) in [5.74, 6) is -0.550. The fourth-order valence-electron chi connectivity index (χ4n) is 3.64. The molecule has 0 aliphatic carbocycles. The summed E-state index contributed by atoms with van der Waals surface area (Å²) in [5, 5.41) is 2.95. The molecule has 29 heavy (non-hydrogen) atoms. The molecule has 4 rings (SSSR count). The molecule has 2 heterocycles. The number of nitrogens with zero attached hydrogens (tertiary/aromatic N) is 3. The first kappa shape index (κ1) is 20.0. The van der Waals surface area contributed by atoms with Crippen molar-refractivity contribution in [1.29, 1.82) is 0 Å². The molecule has 8 heteroatoms. The molecule has 1 aromatic heterocycles. The van der Waals surface area contributed by atoms with Crippen molar-refractivity contribution >= 4 is 26.5 Å². The van der Waals surface area contributed by atoms with Gasteiger partial charge in [0.1, 0.15) is 5.82 Å². The Kier molecular flexibility index (Phi) is 5.42. The van der Waals surface area contributed by atoms with Gasteiger partial charge in [-0.15, -0.1) is 11.3 Å². The molecule has 0 N–H and O–H groups in total. The maximum atomic E-state index is 13.4. The van der Waals surface area contributed by atoms with E-state index in [2.05, 4.69) is 36.3 Å². The molecule has 0 unspecified atom stereocenters. The number of anilines is 1. The molecule has 0 atom stereocenters. The summed E-state index contributed by atoms with van der Waals surface area (Å²) in [6.07, 6.45) is 0. The Morgan fingerprint density at radius 2 is 1.66 bits per heavy atom. The van der Waals surface area contributed by atoms with Crippen LogP contribution in [-0.2, 0) is 10.0 Å². The molecular weight excluding hydrogens is 409 g/mol. The zero-order valence-electron chi connectivity index (χ0n) is 16.3. The van der Waals surface area contributed by atoms with Crippen LogP contribution in [0.1, 0.15) is 11.1 Å². The number of sulfonamides is 1. The maximum absolute atomic E-state index is 13.4. The average Bonchev–Trinajstić information content (AvgIpc) is 3.18. The average molecular weight is 432 g/mol. The third-order valence-electron chi connectivity index (χ3n) is 5.17. The van der Waals surface area contributed by atoms with Gasteiger partial charge in [-0.3, -0.25) is 0 Å². The zero-order valence-corrected chi connectivity index (χ0v) is 17.9. The van der Waals surface area contributed by atoms with Gasteiger partial charge in [0, 0.05) is 37.1 Å². The van der Waals surface area contributed by atoms with Crippen LogP contribution in [0.25, 0.3) is 11.3 Å². The minimum Gasteiger partial charge on any atom is -0.345 e. The van der Waals surface area contributed by atoms with Gasteiger partial charge in [-0.25, -0.2) is 17.8 Å². The molecule has 5 nitrogen and oxygen atoms in total. The summed E-state index contributed by atoms with van der Waals surface area (Å²) in [5.41, 5.74) is 4.48. The van der Waals surface area contributed by atoms with E-state index in [1.54, 1.807) is 11.3 Å². The van der Waals surface area contributed by atoms with Crippen LogP contribution < -0.4 is 4.90 Å². The Balaban J connectivity index is 1.49. The van der Waals surface area contributed by atoms with E-state index in [9.17, 15) is 12.8 Å². The number of rotatable bonds is 4. The molecule has 0 saturated carbocycles. The molecule has 1 fully saturated rings. The van der Waals surface area contributed by atoms with Gasteiger partial charge in [-0.2, -0.15) is 4.31 Å². The summed E-state index contributed by atoms with van der Waals surface area (Å²) >= 11 is 1.57. The van der Waals surface area contributed by atoms with Crippen molar-refractivity contribution in [3.8, 4) is 11.3 Å². The lowest BCUT2D eigenvalue weighted by atomic mass is 10.0. The Labute approximate surface area is 174 Å². The zero-order chi connectivity index (χ0) is 20.6. The highest BCUT2D eigenvalue weighted by molar-refractivity contribution is 7.89. The maximum Gasteiger partial charge on any atom is 0.243 e. The number of piperazine rings is 1. The first-order valence-corrected chi connectivity index (χ1v) is 11.7. The molecule has 0 bridgehead atoms. The molecule has 1 aliphatic rings. The normalized spacial score (nSPS) is 15.6. The van der Waals surface area contributed by atoms with Crippen molar-refractivity contribution in [3.63, 3.8) is 0 Å². The van der Waals surface area contributed by atoms with Crippen LogP contribution in [0.15, 0.2) is 52.7 Å². The Morgan fingerprint density at radius 3 is 2.31 bits per heavy atom. The van der Waals surface area contributed by atoms with E-state index in [1.165, 1.54) is 33.6 Å². The Hall–Kier alpha value is -2.29. The summed E-state index contributed by atoms with van der Waals surface area (Å²) in [4.78, 5) is 6.92. The van der Waals surface area contributed by atoms with Crippen molar-refractivity contribution < 1.29 is 12.8 Å². The standard InChI is InChI=1S/C21H22FN3O2S2/c1-15-5-3-6-16(2)20(15)19-14-28-21(23-19)24-9-11-25(12-10-24)29(26,27)18-8-4-7-17(22)13-18/h3-8,13-14H,9-12H2,1-2H3. The van der Waals surface area contributed by atoms with Crippen LogP contribution in [0.5, 0.6) is 0 Å². The SMILES string of the molecule is Cc1cccc(C)c1-c1csc(N2CCN(S(=O)(=O)c3cccc(F)c3)CC2)n1. The van der Waals surface area contributed by atoms with E-state index >= 15 is 0 Å². The first-order chi connectivity index (χ1) is 13.9. The monoisotopic (exact) mass is 431 g/mol. The van der Waals surface area contributed by atoms with Crippen LogP contribution in [0.3, 0.4) is 0 Å². The van der Waals surface area contributed by atoms with Crippen molar-refractivity contribution in [2.45, 2.75) is 18.7 Å². The highest BCUT2D eigenvalue weighted by atomic mass is 32.2. The minimum atomic E-state index is -3.69. The van der Waals surface area contributed by atoms with Crippen molar-refractivity contribution in [2.24, 2.45) is 0 Å². The number of hydrogen-bond acceptors (Lipinski definition) is 5. The van der Waals surface area contributed by atoms with E-state index in [0.29, 0.717) is 26.2 Å². The third kappa shape index (κ3) is 3.92. The molecule has 3 aromatic rings. The molecule has 1 saturated heterocycles. The molecule has 1 aliphatic heterocycles. The third-order valence-corrected chi connectivity index (χ3v) is 7.97. The summed E-state index contributed by atoms with van der Waals surface area (Å²) in [7, 11) is -3.69. The number of hydrogen-bond donors (Lipinski definition) is 0. The van der Waals surface area contributed by atoms with E-state index in [4.69, 9.17) is 4.98 Å². The first-order valence-electron chi connectivity index (χ1n) is 9.39. The second-order valence-electron chi connectivity index (χ2n) is 7.13. The van der Waals surface area contributed by atoms with Gasteiger partial charge in [0.25, 0.3) is 0 Å². The Bertz CT molecular complexity index is 1120.